The molecule has 4 rings (SSSR count). The van der Waals surface area contributed by atoms with Crippen LogP contribution in [0.4, 0.5) is 5.69 Å². The monoisotopic (exact) mass is 471 g/mol. The summed E-state index contributed by atoms with van der Waals surface area (Å²) in [6.45, 7) is 0.616. The van der Waals surface area contributed by atoms with Crippen molar-refractivity contribution in [3.8, 4) is 5.75 Å². The van der Waals surface area contributed by atoms with Crippen LogP contribution in [0.25, 0.3) is 0 Å². The largest absolute Gasteiger partial charge is 0.489 e. The van der Waals surface area contributed by atoms with E-state index in [0.29, 0.717) is 34.1 Å². The van der Waals surface area contributed by atoms with Gasteiger partial charge in [-0.15, -0.1) is 0 Å². The van der Waals surface area contributed by atoms with Crippen LogP contribution in [-0.2, 0) is 13.2 Å². The van der Waals surface area contributed by atoms with E-state index in [4.69, 9.17) is 16.3 Å². The van der Waals surface area contributed by atoms with Crippen LogP contribution < -0.4 is 15.4 Å². The van der Waals surface area contributed by atoms with E-state index >= 15 is 0 Å². The first-order valence-electron chi connectivity index (χ1n) is 10.6. The quantitative estimate of drug-likeness (QED) is 0.356. The molecule has 0 saturated heterocycles. The average molecular weight is 472 g/mol. The molecule has 0 aliphatic heterocycles. The molecule has 170 valence electrons. The Bertz CT molecular complexity index is 1300. The lowest BCUT2D eigenvalue weighted by Gasteiger charge is -2.12. The van der Waals surface area contributed by atoms with Crippen molar-refractivity contribution in [2.45, 2.75) is 13.2 Å². The lowest BCUT2D eigenvalue weighted by molar-refractivity contribution is 0.0951. The molecule has 0 spiro atoms. The summed E-state index contributed by atoms with van der Waals surface area (Å²) < 4.78 is 5.82. The van der Waals surface area contributed by atoms with Gasteiger partial charge in [0, 0.05) is 35.1 Å². The lowest BCUT2D eigenvalue weighted by Crippen LogP contribution is -2.25. The normalized spacial score (nSPS) is 10.4. The summed E-state index contributed by atoms with van der Waals surface area (Å²) in [6, 6.07) is 24.8. The Morgan fingerprint density at radius 2 is 1.71 bits per heavy atom. The molecule has 0 atom stereocenters. The van der Waals surface area contributed by atoms with Crippen molar-refractivity contribution in [1.29, 1.82) is 0 Å². The van der Waals surface area contributed by atoms with Gasteiger partial charge in [0.05, 0.1) is 11.3 Å². The van der Waals surface area contributed by atoms with Crippen LogP contribution in [0.3, 0.4) is 0 Å². The van der Waals surface area contributed by atoms with Gasteiger partial charge in [0.15, 0.2) is 0 Å². The Morgan fingerprint density at radius 1 is 0.882 bits per heavy atom. The second-order valence-corrected chi connectivity index (χ2v) is 7.86. The Hall–Kier alpha value is -4.16. The zero-order valence-electron chi connectivity index (χ0n) is 18.2. The molecule has 0 fully saturated rings. The molecule has 2 amide bonds. The number of para-hydroxylation sites is 1. The predicted molar refractivity (Wildman–Crippen MR) is 132 cm³/mol. The molecule has 3 aromatic carbocycles. The summed E-state index contributed by atoms with van der Waals surface area (Å²) >= 11 is 6.18. The number of carbonyl (C=O) groups is 2. The highest BCUT2D eigenvalue weighted by atomic mass is 35.5. The SMILES string of the molecule is O=C(Nc1ccccc1C(=O)NCc1cccnc1)c1cccc(OCc2ccccc2Cl)c1. The second-order valence-electron chi connectivity index (χ2n) is 7.45. The number of aromatic nitrogens is 1. The van der Waals surface area contributed by atoms with Crippen LogP contribution in [0.2, 0.25) is 5.02 Å². The van der Waals surface area contributed by atoms with Crippen molar-refractivity contribution >= 4 is 29.1 Å². The third-order valence-corrected chi connectivity index (χ3v) is 5.41. The maximum atomic E-state index is 12.9. The zero-order valence-corrected chi connectivity index (χ0v) is 19.0. The summed E-state index contributed by atoms with van der Waals surface area (Å²) in [5.41, 5.74) is 2.92. The Kier molecular flexibility index (Phi) is 7.53. The maximum Gasteiger partial charge on any atom is 0.255 e. The third-order valence-electron chi connectivity index (χ3n) is 5.04. The van der Waals surface area contributed by atoms with E-state index in [1.54, 1.807) is 67.0 Å². The molecule has 0 aliphatic rings. The summed E-state index contributed by atoms with van der Waals surface area (Å²) in [4.78, 5) is 29.7. The highest BCUT2D eigenvalue weighted by Gasteiger charge is 2.14. The van der Waals surface area contributed by atoms with Crippen LogP contribution in [0.15, 0.2) is 97.3 Å². The zero-order chi connectivity index (χ0) is 23.8. The molecule has 4 aromatic rings. The van der Waals surface area contributed by atoms with Gasteiger partial charge in [-0.3, -0.25) is 14.6 Å². The predicted octanol–water partition coefficient (Wildman–Crippen LogP) is 5.50. The van der Waals surface area contributed by atoms with E-state index in [1.165, 1.54) is 0 Å². The van der Waals surface area contributed by atoms with E-state index in [9.17, 15) is 9.59 Å². The Labute approximate surface area is 202 Å². The fraction of sp³-hybridized carbons (Fsp3) is 0.0741. The number of anilines is 1. The van der Waals surface area contributed by atoms with Crippen molar-refractivity contribution < 1.29 is 14.3 Å². The van der Waals surface area contributed by atoms with E-state index in [-0.39, 0.29) is 18.4 Å². The molecule has 0 unspecified atom stereocenters. The topological polar surface area (TPSA) is 80.3 Å². The van der Waals surface area contributed by atoms with Gasteiger partial charge in [0.1, 0.15) is 12.4 Å². The van der Waals surface area contributed by atoms with Crippen molar-refractivity contribution in [2.75, 3.05) is 5.32 Å². The summed E-state index contributed by atoms with van der Waals surface area (Å²) in [5, 5.41) is 6.30. The van der Waals surface area contributed by atoms with Crippen molar-refractivity contribution in [2.24, 2.45) is 0 Å². The number of hydrogen-bond acceptors (Lipinski definition) is 4. The summed E-state index contributed by atoms with van der Waals surface area (Å²) in [5.74, 6) is -0.109. The number of nitrogens with one attached hydrogen (secondary N) is 2. The number of halogens is 1. The number of pyridine rings is 1. The molecule has 0 bridgehead atoms. The van der Waals surface area contributed by atoms with Gasteiger partial charge >= 0.3 is 0 Å². The minimum absolute atomic E-state index is 0.282. The molecule has 1 aromatic heterocycles. The van der Waals surface area contributed by atoms with Crippen LogP contribution >= 0.6 is 11.6 Å². The van der Waals surface area contributed by atoms with Gasteiger partial charge in [-0.2, -0.15) is 0 Å². The molecule has 0 saturated carbocycles. The fourth-order valence-electron chi connectivity index (χ4n) is 3.27. The molecule has 7 heteroatoms. The lowest BCUT2D eigenvalue weighted by atomic mass is 10.1. The third kappa shape index (κ3) is 5.99. The Morgan fingerprint density at radius 3 is 2.53 bits per heavy atom. The maximum absolute atomic E-state index is 12.9. The number of rotatable bonds is 8. The van der Waals surface area contributed by atoms with Gasteiger partial charge in [-0.25, -0.2) is 0 Å². The van der Waals surface area contributed by atoms with Crippen LogP contribution in [0.1, 0.15) is 31.8 Å². The number of amides is 2. The highest BCUT2D eigenvalue weighted by Crippen LogP contribution is 2.21. The van der Waals surface area contributed by atoms with Crippen molar-refractivity contribution in [1.82, 2.24) is 10.3 Å². The number of benzene rings is 3. The van der Waals surface area contributed by atoms with Gasteiger partial charge < -0.3 is 15.4 Å². The van der Waals surface area contributed by atoms with E-state index in [0.717, 1.165) is 11.1 Å². The van der Waals surface area contributed by atoms with E-state index in [2.05, 4.69) is 15.6 Å². The van der Waals surface area contributed by atoms with Gasteiger partial charge in [0.25, 0.3) is 11.8 Å². The van der Waals surface area contributed by atoms with E-state index in [1.807, 2.05) is 30.3 Å². The first-order chi connectivity index (χ1) is 16.6. The number of nitrogens with zero attached hydrogens (tertiary/aromatic N) is 1. The number of ether oxygens (including phenoxy) is 1. The van der Waals surface area contributed by atoms with Crippen molar-refractivity contribution in [3.63, 3.8) is 0 Å². The first kappa shape index (κ1) is 23.0. The number of hydrogen-bond donors (Lipinski definition) is 2. The molecular formula is C27H22ClN3O3. The van der Waals surface area contributed by atoms with Crippen molar-refractivity contribution in [3.05, 3.63) is 125 Å². The summed E-state index contributed by atoms with van der Waals surface area (Å²) in [7, 11) is 0. The van der Waals surface area contributed by atoms with Crippen LogP contribution in [0, 0.1) is 0 Å². The van der Waals surface area contributed by atoms with Gasteiger partial charge in [-0.1, -0.05) is 54.1 Å². The minimum atomic E-state index is -0.351. The molecular weight excluding hydrogens is 450 g/mol. The standard InChI is InChI=1S/C27H22ClN3O3/c28-24-12-3-1-8-21(24)18-34-22-10-5-9-20(15-22)26(32)31-25-13-4-2-11-23(25)27(33)30-17-19-7-6-14-29-16-19/h1-16H,17-18H2,(H,30,33)(H,31,32). The first-order valence-corrected chi connectivity index (χ1v) is 11.0. The molecule has 2 N–H and O–H groups in total. The smallest absolute Gasteiger partial charge is 0.255 e. The molecule has 34 heavy (non-hydrogen) atoms. The summed E-state index contributed by atoms with van der Waals surface area (Å²) in [6.07, 6.45) is 3.36. The van der Waals surface area contributed by atoms with E-state index < -0.39 is 0 Å². The second kappa shape index (κ2) is 11.1. The Balaban J connectivity index is 1.42. The van der Waals surface area contributed by atoms with Gasteiger partial charge in [0.2, 0.25) is 0 Å². The molecule has 6 nitrogen and oxygen atoms in total. The molecule has 1 heterocycles. The fourth-order valence-corrected chi connectivity index (χ4v) is 3.46. The van der Waals surface area contributed by atoms with Gasteiger partial charge in [-0.05, 0) is 48.0 Å². The number of carbonyl (C=O) groups excluding carboxylic acids is 2. The van der Waals surface area contributed by atoms with Crippen LogP contribution in [0.5, 0.6) is 5.75 Å². The molecule has 0 aliphatic carbocycles. The minimum Gasteiger partial charge on any atom is -0.489 e. The van der Waals surface area contributed by atoms with Crippen LogP contribution in [-0.4, -0.2) is 16.8 Å². The average Bonchev–Trinajstić information content (AvgIpc) is 2.88. The molecule has 0 radical (unpaired) electrons. The highest BCUT2D eigenvalue weighted by molar-refractivity contribution is 6.31.